The molecular formula is C13H21BrN2O3S. The summed E-state index contributed by atoms with van der Waals surface area (Å²) in [6.07, 6.45) is 2.76. The van der Waals surface area contributed by atoms with Gasteiger partial charge in [0.15, 0.2) is 0 Å². The standard InChI is InChI=1S/C13H21BrN2O3S/c1-2-3-8-19-9-4-7-16-20(17,18)13-10-11(15)5-6-12(13)14/h5-6,10,16H,2-4,7-9,15H2,1H3. The van der Waals surface area contributed by atoms with E-state index >= 15 is 0 Å². The van der Waals surface area contributed by atoms with E-state index in [1.165, 1.54) is 6.07 Å². The lowest BCUT2D eigenvalue weighted by atomic mass is 10.3. The number of anilines is 1. The first kappa shape index (κ1) is 17.4. The average molecular weight is 365 g/mol. The van der Waals surface area contributed by atoms with E-state index in [0.717, 1.165) is 19.4 Å². The number of halogens is 1. The number of nitrogen functional groups attached to an aromatic ring is 1. The zero-order chi connectivity index (χ0) is 15.0. The van der Waals surface area contributed by atoms with Crippen LogP contribution >= 0.6 is 15.9 Å². The number of benzene rings is 1. The quantitative estimate of drug-likeness (QED) is 0.521. The summed E-state index contributed by atoms with van der Waals surface area (Å²) < 4.78 is 32.6. The van der Waals surface area contributed by atoms with Crippen LogP contribution < -0.4 is 10.5 Å². The Balaban J connectivity index is 2.44. The van der Waals surface area contributed by atoms with Crippen molar-refractivity contribution in [3.8, 4) is 0 Å². The fourth-order valence-electron chi connectivity index (χ4n) is 1.53. The molecule has 0 spiro atoms. The summed E-state index contributed by atoms with van der Waals surface area (Å²) in [6.45, 7) is 3.72. The predicted octanol–water partition coefficient (Wildman–Crippen LogP) is 2.52. The molecule has 0 aliphatic heterocycles. The number of sulfonamides is 1. The summed E-state index contributed by atoms with van der Waals surface area (Å²) in [6, 6.07) is 4.70. The molecule has 0 atom stereocenters. The lowest BCUT2D eigenvalue weighted by molar-refractivity contribution is 0.130. The lowest BCUT2D eigenvalue weighted by Crippen LogP contribution is -2.26. The van der Waals surface area contributed by atoms with Crippen molar-refractivity contribution < 1.29 is 13.2 Å². The molecular weight excluding hydrogens is 344 g/mol. The molecule has 0 bridgehead atoms. The molecule has 20 heavy (non-hydrogen) atoms. The Morgan fingerprint density at radius 3 is 2.70 bits per heavy atom. The Kier molecular flexibility index (Phi) is 7.50. The zero-order valence-electron chi connectivity index (χ0n) is 11.6. The molecule has 0 unspecified atom stereocenters. The van der Waals surface area contributed by atoms with Crippen LogP contribution in [0.4, 0.5) is 5.69 Å². The molecule has 0 fully saturated rings. The molecule has 1 aromatic carbocycles. The van der Waals surface area contributed by atoms with Crippen molar-refractivity contribution in [2.75, 3.05) is 25.5 Å². The van der Waals surface area contributed by atoms with E-state index in [1.54, 1.807) is 12.1 Å². The van der Waals surface area contributed by atoms with Crippen molar-refractivity contribution in [3.05, 3.63) is 22.7 Å². The highest BCUT2D eigenvalue weighted by atomic mass is 79.9. The molecule has 114 valence electrons. The number of ether oxygens (including phenoxy) is 1. The van der Waals surface area contributed by atoms with Gasteiger partial charge in [-0.1, -0.05) is 13.3 Å². The first-order valence-electron chi connectivity index (χ1n) is 6.60. The summed E-state index contributed by atoms with van der Waals surface area (Å²) in [5, 5.41) is 0. The highest BCUT2D eigenvalue weighted by molar-refractivity contribution is 9.10. The second kappa shape index (κ2) is 8.61. The lowest BCUT2D eigenvalue weighted by Gasteiger charge is -2.09. The fourth-order valence-corrected chi connectivity index (χ4v) is 3.60. The maximum atomic E-state index is 12.1. The van der Waals surface area contributed by atoms with Crippen LogP contribution in [0.1, 0.15) is 26.2 Å². The van der Waals surface area contributed by atoms with Gasteiger partial charge in [0.2, 0.25) is 10.0 Å². The maximum absolute atomic E-state index is 12.1. The molecule has 0 aliphatic carbocycles. The van der Waals surface area contributed by atoms with Gasteiger partial charge in [-0.2, -0.15) is 0 Å². The Morgan fingerprint density at radius 1 is 1.30 bits per heavy atom. The summed E-state index contributed by atoms with van der Waals surface area (Å²) in [5.41, 5.74) is 6.03. The number of nitrogens with two attached hydrogens (primary N) is 1. The second-order valence-corrected chi connectivity index (χ2v) is 7.00. The van der Waals surface area contributed by atoms with E-state index in [0.29, 0.717) is 29.7 Å². The Bertz CT molecular complexity index is 520. The van der Waals surface area contributed by atoms with Crippen LogP contribution in [0.25, 0.3) is 0 Å². The van der Waals surface area contributed by atoms with Crippen molar-refractivity contribution in [1.29, 1.82) is 0 Å². The highest BCUT2D eigenvalue weighted by Crippen LogP contribution is 2.23. The molecule has 0 amide bonds. The van der Waals surface area contributed by atoms with E-state index < -0.39 is 10.0 Å². The third kappa shape index (κ3) is 5.78. The predicted molar refractivity (Wildman–Crippen MR) is 84.1 cm³/mol. The summed E-state index contributed by atoms with van der Waals surface area (Å²) in [7, 11) is -3.54. The van der Waals surface area contributed by atoms with Crippen molar-refractivity contribution in [2.24, 2.45) is 0 Å². The van der Waals surface area contributed by atoms with Crippen LogP contribution in [0.5, 0.6) is 0 Å². The van der Waals surface area contributed by atoms with Gasteiger partial charge in [-0.15, -0.1) is 0 Å². The molecule has 7 heteroatoms. The van der Waals surface area contributed by atoms with Gasteiger partial charge < -0.3 is 10.5 Å². The van der Waals surface area contributed by atoms with Crippen LogP contribution in [0.3, 0.4) is 0 Å². The van der Waals surface area contributed by atoms with Crippen LogP contribution in [0.15, 0.2) is 27.6 Å². The van der Waals surface area contributed by atoms with Crippen LogP contribution in [-0.2, 0) is 14.8 Å². The molecule has 0 radical (unpaired) electrons. The largest absolute Gasteiger partial charge is 0.399 e. The van der Waals surface area contributed by atoms with Crippen molar-refractivity contribution in [2.45, 2.75) is 31.1 Å². The third-order valence-electron chi connectivity index (χ3n) is 2.64. The topological polar surface area (TPSA) is 81.4 Å². The molecule has 0 aromatic heterocycles. The van der Waals surface area contributed by atoms with Crippen molar-refractivity contribution in [3.63, 3.8) is 0 Å². The minimum absolute atomic E-state index is 0.157. The van der Waals surface area contributed by atoms with E-state index in [2.05, 4.69) is 27.6 Å². The van der Waals surface area contributed by atoms with E-state index in [4.69, 9.17) is 10.5 Å². The number of nitrogens with one attached hydrogen (secondary N) is 1. The third-order valence-corrected chi connectivity index (χ3v) is 5.10. The van der Waals surface area contributed by atoms with Gasteiger partial charge in [0.05, 0.1) is 4.90 Å². The first-order valence-corrected chi connectivity index (χ1v) is 8.87. The average Bonchev–Trinajstić information content (AvgIpc) is 2.40. The zero-order valence-corrected chi connectivity index (χ0v) is 14.0. The van der Waals surface area contributed by atoms with Gasteiger partial charge in [-0.05, 0) is 47.0 Å². The molecule has 5 nitrogen and oxygen atoms in total. The fraction of sp³-hybridized carbons (Fsp3) is 0.538. The van der Waals surface area contributed by atoms with E-state index in [9.17, 15) is 8.42 Å². The van der Waals surface area contributed by atoms with Crippen molar-refractivity contribution >= 4 is 31.6 Å². The monoisotopic (exact) mass is 364 g/mol. The number of rotatable bonds is 9. The second-order valence-electron chi connectivity index (χ2n) is 4.41. The SMILES string of the molecule is CCCCOCCCNS(=O)(=O)c1cc(N)ccc1Br. The summed E-state index contributed by atoms with van der Waals surface area (Å²) >= 11 is 3.22. The molecule has 0 saturated heterocycles. The van der Waals surface area contributed by atoms with E-state index in [-0.39, 0.29) is 4.90 Å². The van der Waals surface area contributed by atoms with Gasteiger partial charge in [0.1, 0.15) is 0 Å². The Labute approximate surface area is 129 Å². The summed E-state index contributed by atoms with van der Waals surface area (Å²) in [4.78, 5) is 0.157. The van der Waals surface area contributed by atoms with Gasteiger partial charge in [0.25, 0.3) is 0 Å². The number of hydrogen-bond donors (Lipinski definition) is 2. The number of unbranched alkanes of at least 4 members (excludes halogenated alkanes) is 1. The molecule has 1 rings (SSSR count). The molecule has 0 saturated carbocycles. The Hall–Kier alpha value is -0.630. The highest BCUT2D eigenvalue weighted by Gasteiger charge is 2.17. The maximum Gasteiger partial charge on any atom is 0.241 e. The van der Waals surface area contributed by atoms with Gasteiger partial charge in [-0.25, -0.2) is 13.1 Å². The molecule has 0 aliphatic rings. The van der Waals surface area contributed by atoms with Gasteiger partial charge in [0, 0.05) is 29.9 Å². The minimum Gasteiger partial charge on any atom is -0.399 e. The van der Waals surface area contributed by atoms with Crippen molar-refractivity contribution in [1.82, 2.24) is 4.72 Å². The van der Waals surface area contributed by atoms with E-state index in [1.807, 2.05) is 0 Å². The van der Waals surface area contributed by atoms with Crippen LogP contribution in [0.2, 0.25) is 0 Å². The first-order chi connectivity index (χ1) is 9.47. The molecule has 3 N–H and O–H groups in total. The van der Waals surface area contributed by atoms with Gasteiger partial charge in [-0.3, -0.25) is 0 Å². The smallest absolute Gasteiger partial charge is 0.241 e. The van der Waals surface area contributed by atoms with Crippen LogP contribution in [0, 0.1) is 0 Å². The van der Waals surface area contributed by atoms with Crippen LogP contribution in [-0.4, -0.2) is 28.2 Å². The molecule has 1 aromatic rings. The normalized spacial score (nSPS) is 11.7. The summed E-state index contributed by atoms with van der Waals surface area (Å²) in [5.74, 6) is 0. The Morgan fingerprint density at radius 2 is 2.00 bits per heavy atom. The number of hydrogen-bond acceptors (Lipinski definition) is 4. The minimum atomic E-state index is -3.54. The molecule has 0 heterocycles. The van der Waals surface area contributed by atoms with Gasteiger partial charge >= 0.3 is 0 Å².